The number of imidazole rings is 1. The van der Waals surface area contributed by atoms with E-state index in [1.54, 1.807) is 17.0 Å². The lowest BCUT2D eigenvalue weighted by atomic mass is 10.1. The van der Waals surface area contributed by atoms with Gasteiger partial charge in [-0.3, -0.25) is 0 Å². The Morgan fingerprint density at radius 3 is 2.71 bits per heavy atom. The first kappa shape index (κ1) is 11.7. The second-order valence-corrected chi connectivity index (χ2v) is 3.81. The fraction of sp³-hybridized carbons (Fsp3) is 0.250. The predicted molar refractivity (Wildman–Crippen MR) is 61.3 cm³/mol. The molecule has 0 saturated carbocycles. The van der Waals surface area contributed by atoms with Crippen molar-refractivity contribution in [1.29, 1.82) is 0 Å². The summed E-state index contributed by atoms with van der Waals surface area (Å²) in [5.41, 5.74) is 2.22. The van der Waals surface area contributed by atoms with Gasteiger partial charge in [0.05, 0.1) is 17.7 Å². The second kappa shape index (κ2) is 4.63. The monoisotopic (exact) mass is 237 g/mol. The Morgan fingerprint density at radius 2 is 2.06 bits per heavy atom. The average Bonchev–Trinajstić information content (AvgIpc) is 2.65. The number of nitrogens with one attached hydrogen (secondary N) is 1. The van der Waals surface area contributed by atoms with Crippen molar-refractivity contribution in [2.75, 3.05) is 7.05 Å². The number of benzene rings is 1. The van der Waals surface area contributed by atoms with Gasteiger partial charge >= 0.3 is 0 Å². The van der Waals surface area contributed by atoms with Crippen LogP contribution in [0.1, 0.15) is 5.69 Å². The van der Waals surface area contributed by atoms with Crippen molar-refractivity contribution < 1.29 is 8.78 Å². The van der Waals surface area contributed by atoms with Crippen LogP contribution in [0.4, 0.5) is 8.78 Å². The summed E-state index contributed by atoms with van der Waals surface area (Å²) in [6, 6.07) is 3.86. The highest BCUT2D eigenvalue weighted by Crippen LogP contribution is 2.24. The van der Waals surface area contributed by atoms with Crippen LogP contribution in [-0.4, -0.2) is 16.6 Å². The third-order valence-electron chi connectivity index (χ3n) is 2.55. The van der Waals surface area contributed by atoms with E-state index in [0.717, 1.165) is 17.5 Å². The van der Waals surface area contributed by atoms with Crippen LogP contribution in [0, 0.1) is 11.6 Å². The molecule has 0 aliphatic carbocycles. The fourth-order valence-corrected chi connectivity index (χ4v) is 1.79. The summed E-state index contributed by atoms with van der Waals surface area (Å²) in [7, 11) is 3.63. The zero-order chi connectivity index (χ0) is 12.4. The Morgan fingerprint density at radius 1 is 1.29 bits per heavy atom. The van der Waals surface area contributed by atoms with E-state index in [0.29, 0.717) is 12.1 Å². The van der Waals surface area contributed by atoms with Crippen LogP contribution >= 0.6 is 0 Å². The molecule has 2 aromatic rings. The summed E-state index contributed by atoms with van der Waals surface area (Å²) in [6.07, 6.45) is 1.66. The SMILES string of the molecule is CNCc1ncn(C)c1-c1ccc(F)c(F)c1. The number of rotatable bonds is 3. The Balaban J connectivity index is 2.51. The van der Waals surface area contributed by atoms with Crippen LogP contribution in [0.15, 0.2) is 24.5 Å². The molecule has 0 bridgehead atoms. The van der Waals surface area contributed by atoms with Gasteiger partial charge < -0.3 is 9.88 Å². The zero-order valence-electron chi connectivity index (χ0n) is 9.67. The summed E-state index contributed by atoms with van der Waals surface area (Å²) >= 11 is 0. The molecule has 2 rings (SSSR count). The number of halogens is 2. The highest BCUT2D eigenvalue weighted by atomic mass is 19.2. The molecule has 0 amide bonds. The van der Waals surface area contributed by atoms with Crippen LogP contribution in [0.3, 0.4) is 0 Å². The molecule has 3 nitrogen and oxygen atoms in total. The smallest absolute Gasteiger partial charge is 0.159 e. The summed E-state index contributed by atoms with van der Waals surface area (Å²) in [5.74, 6) is -1.69. The topological polar surface area (TPSA) is 29.9 Å². The first-order valence-corrected chi connectivity index (χ1v) is 5.23. The van der Waals surface area contributed by atoms with Gasteiger partial charge in [-0.1, -0.05) is 0 Å². The van der Waals surface area contributed by atoms with Gasteiger partial charge in [-0.2, -0.15) is 0 Å². The minimum Gasteiger partial charge on any atom is -0.333 e. The lowest BCUT2D eigenvalue weighted by Gasteiger charge is -2.06. The number of hydrogen-bond donors (Lipinski definition) is 1. The lowest BCUT2D eigenvalue weighted by Crippen LogP contribution is -2.07. The Hall–Kier alpha value is -1.75. The van der Waals surface area contributed by atoms with Gasteiger partial charge in [-0.15, -0.1) is 0 Å². The summed E-state index contributed by atoms with van der Waals surface area (Å²) < 4.78 is 27.9. The lowest BCUT2D eigenvalue weighted by molar-refractivity contribution is 0.509. The highest BCUT2D eigenvalue weighted by molar-refractivity contribution is 5.62. The van der Waals surface area contributed by atoms with Gasteiger partial charge in [0.15, 0.2) is 11.6 Å². The molecular weight excluding hydrogens is 224 g/mol. The van der Waals surface area contributed by atoms with E-state index >= 15 is 0 Å². The van der Waals surface area contributed by atoms with Gasteiger partial charge in [0.2, 0.25) is 0 Å². The molecule has 0 unspecified atom stereocenters. The van der Waals surface area contributed by atoms with Crippen molar-refractivity contribution in [2.45, 2.75) is 6.54 Å². The van der Waals surface area contributed by atoms with E-state index in [4.69, 9.17) is 0 Å². The Kier molecular flexibility index (Phi) is 3.19. The van der Waals surface area contributed by atoms with E-state index in [9.17, 15) is 8.78 Å². The average molecular weight is 237 g/mol. The molecule has 0 radical (unpaired) electrons. The third kappa shape index (κ3) is 2.19. The third-order valence-corrected chi connectivity index (χ3v) is 2.55. The van der Waals surface area contributed by atoms with Crippen molar-refractivity contribution in [3.63, 3.8) is 0 Å². The normalized spacial score (nSPS) is 10.8. The highest BCUT2D eigenvalue weighted by Gasteiger charge is 2.12. The Bertz CT molecular complexity index is 535. The van der Waals surface area contributed by atoms with Crippen LogP contribution in [0.2, 0.25) is 0 Å². The standard InChI is InChI=1S/C12H13F2N3/c1-15-6-11-12(17(2)7-16-11)8-3-4-9(13)10(14)5-8/h3-5,7,15H,6H2,1-2H3. The summed E-state index contributed by atoms with van der Waals surface area (Å²) in [6.45, 7) is 0.579. The molecule has 17 heavy (non-hydrogen) atoms. The fourth-order valence-electron chi connectivity index (χ4n) is 1.79. The van der Waals surface area contributed by atoms with E-state index < -0.39 is 11.6 Å². The molecule has 1 aromatic heterocycles. The number of aryl methyl sites for hydroxylation is 1. The summed E-state index contributed by atoms with van der Waals surface area (Å²) in [5, 5.41) is 2.99. The number of nitrogens with zero attached hydrogens (tertiary/aromatic N) is 2. The molecule has 0 saturated heterocycles. The molecule has 0 fully saturated rings. The van der Waals surface area contributed by atoms with Crippen molar-refractivity contribution in [3.05, 3.63) is 41.9 Å². The van der Waals surface area contributed by atoms with Crippen molar-refractivity contribution in [2.24, 2.45) is 7.05 Å². The van der Waals surface area contributed by atoms with Gasteiger partial charge in [0.1, 0.15) is 0 Å². The molecule has 0 atom stereocenters. The van der Waals surface area contributed by atoms with Gasteiger partial charge in [0, 0.05) is 19.2 Å². The van der Waals surface area contributed by atoms with E-state index in [1.165, 1.54) is 6.07 Å². The maximum absolute atomic E-state index is 13.2. The summed E-state index contributed by atoms with van der Waals surface area (Å²) in [4.78, 5) is 4.22. The minimum absolute atomic E-state index is 0.579. The molecule has 90 valence electrons. The van der Waals surface area contributed by atoms with Crippen LogP contribution < -0.4 is 5.32 Å². The molecular formula is C12H13F2N3. The second-order valence-electron chi connectivity index (χ2n) is 3.81. The van der Waals surface area contributed by atoms with Crippen molar-refractivity contribution in [1.82, 2.24) is 14.9 Å². The van der Waals surface area contributed by atoms with Crippen molar-refractivity contribution >= 4 is 0 Å². The number of aromatic nitrogens is 2. The maximum Gasteiger partial charge on any atom is 0.159 e. The van der Waals surface area contributed by atoms with Gasteiger partial charge in [-0.25, -0.2) is 13.8 Å². The molecule has 1 heterocycles. The minimum atomic E-state index is -0.848. The van der Waals surface area contributed by atoms with Gasteiger partial charge in [-0.05, 0) is 25.2 Å². The zero-order valence-corrected chi connectivity index (χ0v) is 9.67. The van der Waals surface area contributed by atoms with Gasteiger partial charge in [0.25, 0.3) is 0 Å². The predicted octanol–water partition coefficient (Wildman–Crippen LogP) is 2.08. The molecule has 0 aliphatic heterocycles. The van der Waals surface area contributed by atoms with Crippen LogP contribution in [0.25, 0.3) is 11.3 Å². The van der Waals surface area contributed by atoms with E-state index in [2.05, 4.69) is 10.3 Å². The van der Waals surface area contributed by atoms with Crippen molar-refractivity contribution in [3.8, 4) is 11.3 Å². The quantitative estimate of drug-likeness (QED) is 0.885. The largest absolute Gasteiger partial charge is 0.333 e. The van der Waals surface area contributed by atoms with E-state index in [-0.39, 0.29) is 0 Å². The first-order chi connectivity index (χ1) is 8.13. The van der Waals surface area contributed by atoms with Crippen LogP contribution in [0.5, 0.6) is 0 Å². The number of hydrogen-bond acceptors (Lipinski definition) is 2. The molecule has 1 N–H and O–H groups in total. The van der Waals surface area contributed by atoms with E-state index in [1.807, 2.05) is 14.1 Å². The first-order valence-electron chi connectivity index (χ1n) is 5.23. The molecule has 0 spiro atoms. The Labute approximate surface area is 98.1 Å². The molecule has 1 aromatic carbocycles. The molecule has 0 aliphatic rings. The molecule has 5 heteroatoms. The maximum atomic E-state index is 13.2. The van der Waals surface area contributed by atoms with Crippen LogP contribution in [-0.2, 0) is 13.6 Å².